The number of nitrogens with zero attached hydrogens (tertiary/aromatic N) is 2. The number of aromatic nitrogens is 1. The fraction of sp³-hybridized carbons (Fsp3) is 0.125. The van der Waals surface area contributed by atoms with Gasteiger partial charge in [-0.2, -0.15) is 5.26 Å². The first kappa shape index (κ1) is 8.03. The summed E-state index contributed by atoms with van der Waals surface area (Å²) in [5.74, 6) is 0. The number of hydrogen-bond acceptors (Lipinski definition) is 2. The second-order valence-electron chi connectivity index (χ2n) is 1.96. The fourth-order valence-electron chi connectivity index (χ4n) is 0.678. The van der Waals surface area contributed by atoms with Gasteiger partial charge in [-0.3, -0.25) is 0 Å². The average molecular weight is 165 g/mol. The second kappa shape index (κ2) is 3.36. The van der Waals surface area contributed by atoms with Gasteiger partial charge in [0.2, 0.25) is 0 Å². The minimum atomic E-state index is 0.312. The van der Waals surface area contributed by atoms with E-state index >= 15 is 0 Å². The summed E-state index contributed by atoms with van der Waals surface area (Å²) in [5.41, 5.74) is 1.07. The van der Waals surface area contributed by atoms with Crippen LogP contribution >= 0.6 is 11.6 Å². The van der Waals surface area contributed by atoms with Crippen LogP contribution in [0.25, 0.3) is 0 Å². The number of nitriles is 1. The molecule has 0 aliphatic heterocycles. The summed E-state index contributed by atoms with van der Waals surface area (Å²) in [6.45, 7) is 5.33. The molecule has 0 saturated carbocycles. The molecule has 0 spiro atoms. The maximum atomic E-state index is 8.42. The van der Waals surface area contributed by atoms with Crippen LogP contribution in [0.4, 0.5) is 0 Å². The predicted octanol–water partition coefficient (Wildman–Crippen LogP) is 1.86. The smallest absolute Gasteiger partial charge is 0.142 e. The lowest BCUT2D eigenvalue weighted by Gasteiger charge is -1.97. The highest BCUT2D eigenvalue weighted by Gasteiger charge is 1.99. The normalized spacial score (nSPS) is 9.18. The average Bonchev–Trinajstić information content (AvgIpc) is 2.04. The topological polar surface area (TPSA) is 36.7 Å². The first-order chi connectivity index (χ1) is 5.27. The molecular weight excluding hydrogens is 160 g/mol. The van der Waals surface area contributed by atoms with Crippen LogP contribution in [0.2, 0.25) is 5.15 Å². The molecular formula is C8H5ClN2. The Balaban J connectivity index is 3.12. The van der Waals surface area contributed by atoms with Gasteiger partial charge in [0, 0.05) is 0 Å². The molecule has 1 rings (SSSR count). The van der Waals surface area contributed by atoms with Gasteiger partial charge < -0.3 is 0 Å². The Kier molecular flexibility index (Phi) is 2.45. The number of pyridine rings is 1. The van der Waals surface area contributed by atoms with Crippen molar-refractivity contribution in [3.8, 4) is 6.07 Å². The van der Waals surface area contributed by atoms with Crippen molar-refractivity contribution in [1.82, 2.24) is 4.98 Å². The van der Waals surface area contributed by atoms with Crippen molar-refractivity contribution in [2.24, 2.45) is 0 Å². The third-order valence-corrected chi connectivity index (χ3v) is 1.59. The monoisotopic (exact) mass is 164 g/mol. The fourth-order valence-corrected chi connectivity index (χ4v) is 0.909. The van der Waals surface area contributed by atoms with E-state index in [0.29, 0.717) is 17.3 Å². The molecule has 0 unspecified atom stereocenters. The highest BCUT2D eigenvalue weighted by atomic mass is 35.5. The lowest BCUT2D eigenvalue weighted by atomic mass is 10.2. The van der Waals surface area contributed by atoms with Gasteiger partial charge >= 0.3 is 0 Å². The Bertz CT molecular complexity index is 301. The molecule has 1 aromatic rings. The summed E-state index contributed by atoms with van der Waals surface area (Å²) >= 11 is 5.67. The van der Waals surface area contributed by atoms with E-state index in [0.717, 1.165) is 5.56 Å². The summed E-state index contributed by atoms with van der Waals surface area (Å²) in [6, 6.07) is 5.18. The van der Waals surface area contributed by atoms with E-state index in [1.807, 2.05) is 6.07 Å². The maximum absolute atomic E-state index is 8.42. The Morgan fingerprint density at radius 1 is 1.64 bits per heavy atom. The van der Waals surface area contributed by atoms with Crippen LogP contribution in [0, 0.1) is 18.3 Å². The lowest BCUT2D eigenvalue weighted by molar-refractivity contribution is 1.17. The van der Waals surface area contributed by atoms with Gasteiger partial charge in [-0.05, 0) is 25.0 Å². The summed E-state index contributed by atoms with van der Waals surface area (Å²) in [4.78, 5) is 3.79. The lowest BCUT2D eigenvalue weighted by Crippen LogP contribution is -1.88. The number of halogens is 1. The van der Waals surface area contributed by atoms with Crippen molar-refractivity contribution >= 4 is 11.6 Å². The molecule has 0 N–H and O–H groups in total. The first-order valence-corrected chi connectivity index (χ1v) is 3.41. The summed E-state index contributed by atoms with van der Waals surface area (Å²) in [7, 11) is 0. The third-order valence-electron chi connectivity index (χ3n) is 1.26. The molecule has 1 heterocycles. The zero-order chi connectivity index (χ0) is 8.27. The van der Waals surface area contributed by atoms with E-state index in [-0.39, 0.29) is 0 Å². The summed E-state index contributed by atoms with van der Waals surface area (Å²) in [5, 5.41) is 8.73. The van der Waals surface area contributed by atoms with E-state index in [9.17, 15) is 0 Å². The minimum Gasteiger partial charge on any atom is -0.225 e. The van der Waals surface area contributed by atoms with Gasteiger partial charge in [0.05, 0.1) is 0 Å². The molecule has 54 valence electrons. The van der Waals surface area contributed by atoms with Gasteiger partial charge in [-0.1, -0.05) is 17.7 Å². The van der Waals surface area contributed by atoms with Gasteiger partial charge in [0.25, 0.3) is 0 Å². The summed E-state index contributed by atoms with van der Waals surface area (Å²) < 4.78 is 0. The van der Waals surface area contributed by atoms with Crippen LogP contribution in [0.5, 0.6) is 0 Å². The Morgan fingerprint density at radius 3 is 2.82 bits per heavy atom. The molecule has 11 heavy (non-hydrogen) atoms. The van der Waals surface area contributed by atoms with Crippen molar-refractivity contribution < 1.29 is 0 Å². The zero-order valence-electron chi connectivity index (χ0n) is 5.71. The SMILES string of the molecule is [CH]Cc1ccc(C#N)nc1Cl. The van der Waals surface area contributed by atoms with Gasteiger partial charge in [-0.25, -0.2) is 4.98 Å². The molecule has 0 fully saturated rings. The quantitative estimate of drug-likeness (QED) is 0.594. The van der Waals surface area contributed by atoms with Crippen molar-refractivity contribution in [2.75, 3.05) is 0 Å². The molecule has 0 atom stereocenters. The number of hydrogen-bond donors (Lipinski definition) is 0. The molecule has 0 aliphatic carbocycles. The summed E-state index contributed by atoms with van der Waals surface area (Å²) in [6.07, 6.45) is 0.345. The van der Waals surface area contributed by atoms with E-state index in [1.165, 1.54) is 0 Å². The van der Waals surface area contributed by atoms with Crippen molar-refractivity contribution in [2.45, 2.75) is 6.42 Å². The van der Waals surface area contributed by atoms with Crippen LogP contribution in [0.15, 0.2) is 12.1 Å². The molecule has 1 aromatic heterocycles. The van der Waals surface area contributed by atoms with Gasteiger partial charge in [0.1, 0.15) is 16.9 Å². The highest BCUT2D eigenvalue weighted by Crippen LogP contribution is 2.13. The molecule has 2 nitrogen and oxygen atoms in total. The van der Waals surface area contributed by atoms with Crippen LogP contribution in [0.1, 0.15) is 11.3 Å². The Hall–Kier alpha value is -1.07. The van der Waals surface area contributed by atoms with Crippen LogP contribution in [-0.4, -0.2) is 4.98 Å². The van der Waals surface area contributed by atoms with Crippen LogP contribution in [0.3, 0.4) is 0 Å². The minimum absolute atomic E-state index is 0.312. The molecule has 3 heteroatoms. The second-order valence-corrected chi connectivity index (χ2v) is 2.32. The van der Waals surface area contributed by atoms with Crippen molar-refractivity contribution in [1.29, 1.82) is 5.26 Å². The van der Waals surface area contributed by atoms with Crippen molar-refractivity contribution in [3.63, 3.8) is 0 Å². The third kappa shape index (κ3) is 1.69. The first-order valence-electron chi connectivity index (χ1n) is 3.03. The largest absolute Gasteiger partial charge is 0.225 e. The molecule has 2 radical (unpaired) electrons. The van der Waals surface area contributed by atoms with Crippen LogP contribution in [-0.2, 0) is 6.42 Å². The molecule has 0 bridgehead atoms. The Labute approximate surface area is 70.4 Å². The standard InChI is InChI=1S/C8H5ClN2/c1-2-6-3-4-7(5-10)11-8(6)9/h1,3-4H,2H2. The zero-order valence-corrected chi connectivity index (χ0v) is 6.47. The molecule has 0 saturated heterocycles. The van der Waals surface area contributed by atoms with E-state index in [1.54, 1.807) is 12.1 Å². The predicted molar refractivity (Wildman–Crippen MR) is 42.0 cm³/mol. The van der Waals surface area contributed by atoms with E-state index < -0.39 is 0 Å². The van der Waals surface area contributed by atoms with Gasteiger partial charge in [0.15, 0.2) is 0 Å². The van der Waals surface area contributed by atoms with Crippen LogP contribution < -0.4 is 0 Å². The van der Waals surface area contributed by atoms with Gasteiger partial charge in [-0.15, -0.1) is 0 Å². The molecule has 0 aromatic carbocycles. The number of rotatable bonds is 1. The maximum Gasteiger partial charge on any atom is 0.142 e. The molecule has 0 amide bonds. The van der Waals surface area contributed by atoms with E-state index in [2.05, 4.69) is 4.98 Å². The molecule has 0 aliphatic rings. The highest BCUT2D eigenvalue weighted by molar-refractivity contribution is 6.30. The Morgan fingerprint density at radius 2 is 2.36 bits per heavy atom. The van der Waals surface area contributed by atoms with E-state index in [4.69, 9.17) is 23.8 Å². The van der Waals surface area contributed by atoms with Crippen molar-refractivity contribution in [3.05, 3.63) is 35.5 Å².